The van der Waals surface area contributed by atoms with Gasteiger partial charge in [0.2, 0.25) is 0 Å². The molecule has 4 heteroatoms. The van der Waals surface area contributed by atoms with Gasteiger partial charge in [0.05, 0.1) is 18.6 Å². The molecule has 3 rings (SSSR count). The summed E-state index contributed by atoms with van der Waals surface area (Å²) in [5.74, 6) is 3.66. The Balaban J connectivity index is 1.85. The van der Waals surface area contributed by atoms with Crippen LogP contribution < -0.4 is 9.47 Å². The second-order valence-electron chi connectivity index (χ2n) is 5.92. The first kappa shape index (κ1) is 15.3. The second kappa shape index (κ2) is 6.26. The van der Waals surface area contributed by atoms with Gasteiger partial charge in [-0.1, -0.05) is 18.0 Å². The molecule has 0 bridgehead atoms. The van der Waals surface area contributed by atoms with Gasteiger partial charge in [-0.3, -0.25) is 0 Å². The van der Waals surface area contributed by atoms with E-state index in [0.29, 0.717) is 29.9 Å². The third-order valence-corrected chi connectivity index (χ3v) is 5.62. The van der Waals surface area contributed by atoms with Crippen molar-refractivity contribution in [3.8, 4) is 11.5 Å². The number of alkyl halides is 1. The third kappa shape index (κ3) is 2.85. The molecule has 0 N–H and O–H groups in total. The van der Waals surface area contributed by atoms with E-state index in [4.69, 9.17) is 32.7 Å². The Bertz CT molecular complexity index is 508. The van der Waals surface area contributed by atoms with Crippen molar-refractivity contribution < 1.29 is 9.47 Å². The lowest BCUT2D eigenvalue weighted by Crippen LogP contribution is -2.03. The van der Waals surface area contributed by atoms with Gasteiger partial charge < -0.3 is 9.47 Å². The molecule has 21 heavy (non-hydrogen) atoms. The van der Waals surface area contributed by atoms with Crippen molar-refractivity contribution in [1.82, 2.24) is 0 Å². The summed E-state index contributed by atoms with van der Waals surface area (Å²) >= 11 is 13.2. The van der Waals surface area contributed by atoms with Gasteiger partial charge in [-0.2, -0.15) is 0 Å². The van der Waals surface area contributed by atoms with Crippen molar-refractivity contribution in [2.45, 2.75) is 38.5 Å². The van der Waals surface area contributed by atoms with Crippen LogP contribution in [0.3, 0.4) is 0 Å². The van der Waals surface area contributed by atoms with E-state index >= 15 is 0 Å². The second-order valence-corrected chi connectivity index (χ2v) is 6.80. The summed E-state index contributed by atoms with van der Waals surface area (Å²) in [5.41, 5.74) is 0.990. The van der Waals surface area contributed by atoms with E-state index < -0.39 is 0 Å². The Kier molecular flexibility index (Phi) is 4.56. The Morgan fingerprint density at radius 2 is 1.67 bits per heavy atom. The Morgan fingerprint density at radius 3 is 2.24 bits per heavy atom. The highest BCUT2D eigenvalue weighted by molar-refractivity contribution is 6.33. The number of ether oxygens (including phenoxy) is 2. The molecule has 116 valence electrons. The Hall–Kier alpha value is -0.600. The number of benzene rings is 1. The maximum absolute atomic E-state index is 6.73. The lowest BCUT2D eigenvalue weighted by molar-refractivity contribution is 0.287. The van der Waals surface area contributed by atoms with Gasteiger partial charge in [0.25, 0.3) is 0 Å². The molecule has 3 atom stereocenters. The van der Waals surface area contributed by atoms with Gasteiger partial charge in [0.1, 0.15) is 0 Å². The molecular formula is C17H22Cl2O2. The van der Waals surface area contributed by atoms with E-state index in [-0.39, 0.29) is 5.38 Å². The fourth-order valence-electron chi connectivity index (χ4n) is 3.82. The highest BCUT2D eigenvalue weighted by Gasteiger charge is 2.56. The van der Waals surface area contributed by atoms with Crippen LogP contribution in [0.15, 0.2) is 12.1 Å². The van der Waals surface area contributed by atoms with Crippen molar-refractivity contribution in [1.29, 1.82) is 0 Å². The Morgan fingerprint density at radius 1 is 1.10 bits per heavy atom. The summed E-state index contributed by atoms with van der Waals surface area (Å²) in [5, 5.41) is 0.676. The lowest BCUT2D eigenvalue weighted by atomic mass is 10.0. The average molecular weight is 329 g/mol. The number of rotatable bonds is 6. The first-order valence-electron chi connectivity index (χ1n) is 7.90. The fourth-order valence-corrected chi connectivity index (χ4v) is 4.70. The summed E-state index contributed by atoms with van der Waals surface area (Å²) in [7, 11) is 0. The van der Waals surface area contributed by atoms with Crippen LogP contribution in [-0.2, 0) is 0 Å². The molecule has 2 saturated carbocycles. The quantitative estimate of drug-likeness (QED) is 0.645. The van der Waals surface area contributed by atoms with Gasteiger partial charge in [-0.25, -0.2) is 0 Å². The Labute approximate surface area is 136 Å². The first-order chi connectivity index (χ1) is 10.2. The molecule has 0 saturated heterocycles. The topological polar surface area (TPSA) is 18.5 Å². The molecule has 0 spiro atoms. The van der Waals surface area contributed by atoms with Crippen LogP contribution in [-0.4, -0.2) is 13.2 Å². The molecule has 2 aliphatic rings. The van der Waals surface area contributed by atoms with Crippen molar-refractivity contribution in [3.05, 3.63) is 22.7 Å². The summed E-state index contributed by atoms with van der Waals surface area (Å²) in [6, 6.07) is 3.82. The van der Waals surface area contributed by atoms with Gasteiger partial charge in [0.15, 0.2) is 11.5 Å². The third-order valence-electron chi connectivity index (χ3n) is 4.77. The van der Waals surface area contributed by atoms with E-state index in [1.54, 1.807) is 0 Å². The van der Waals surface area contributed by atoms with Gasteiger partial charge in [0, 0.05) is 11.1 Å². The number of hydrogen-bond donors (Lipinski definition) is 0. The normalized spacial score (nSPS) is 28.1. The van der Waals surface area contributed by atoms with Gasteiger partial charge >= 0.3 is 0 Å². The molecule has 2 fully saturated rings. The smallest absolute Gasteiger partial charge is 0.162 e. The molecule has 2 nitrogen and oxygen atoms in total. The summed E-state index contributed by atoms with van der Waals surface area (Å²) < 4.78 is 11.3. The summed E-state index contributed by atoms with van der Waals surface area (Å²) in [6.45, 7) is 5.11. The molecule has 0 radical (unpaired) electrons. The minimum absolute atomic E-state index is 0.0114. The number of halogens is 2. The van der Waals surface area contributed by atoms with E-state index in [1.807, 2.05) is 26.0 Å². The molecule has 0 amide bonds. The van der Waals surface area contributed by atoms with Crippen molar-refractivity contribution in [2.24, 2.45) is 17.8 Å². The van der Waals surface area contributed by atoms with Crippen LogP contribution in [0.25, 0.3) is 0 Å². The van der Waals surface area contributed by atoms with E-state index in [1.165, 1.54) is 19.3 Å². The SMILES string of the molecule is CCOc1cc(Cl)c(C(Cl)C2C3CCCC32)cc1OCC. The highest BCUT2D eigenvalue weighted by atomic mass is 35.5. The fraction of sp³-hybridized carbons (Fsp3) is 0.647. The van der Waals surface area contributed by atoms with Crippen LogP contribution in [0.1, 0.15) is 44.1 Å². The first-order valence-corrected chi connectivity index (χ1v) is 8.71. The maximum Gasteiger partial charge on any atom is 0.162 e. The van der Waals surface area contributed by atoms with Crippen LogP contribution in [0.2, 0.25) is 5.02 Å². The molecule has 1 aromatic rings. The van der Waals surface area contributed by atoms with Crippen molar-refractivity contribution >= 4 is 23.2 Å². The zero-order valence-electron chi connectivity index (χ0n) is 12.6. The average Bonchev–Trinajstić information content (AvgIpc) is 2.94. The highest BCUT2D eigenvalue weighted by Crippen LogP contribution is 2.64. The minimum Gasteiger partial charge on any atom is -0.490 e. The maximum atomic E-state index is 6.73. The van der Waals surface area contributed by atoms with E-state index in [2.05, 4.69) is 0 Å². The zero-order valence-corrected chi connectivity index (χ0v) is 14.1. The minimum atomic E-state index is -0.0114. The van der Waals surface area contributed by atoms with Crippen molar-refractivity contribution in [2.75, 3.05) is 13.2 Å². The van der Waals surface area contributed by atoms with Crippen molar-refractivity contribution in [3.63, 3.8) is 0 Å². The molecular weight excluding hydrogens is 307 g/mol. The number of hydrogen-bond acceptors (Lipinski definition) is 2. The predicted molar refractivity (Wildman–Crippen MR) is 86.7 cm³/mol. The molecule has 0 aliphatic heterocycles. The predicted octanol–water partition coefficient (Wildman–Crippen LogP) is 5.46. The van der Waals surface area contributed by atoms with E-state index in [9.17, 15) is 0 Å². The molecule has 1 aromatic carbocycles. The molecule has 0 heterocycles. The van der Waals surface area contributed by atoms with Crippen LogP contribution in [0.5, 0.6) is 11.5 Å². The molecule has 2 aliphatic carbocycles. The molecule has 3 unspecified atom stereocenters. The lowest BCUT2D eigenvalue weighted by Gasteiger charge is -2.18. The largest absolute Gasteiger partial charge is 0.490 e. The van der Waals surface area contributed by atoms with Crippen LogP contribution in [0.4, 0.5) is 0 Å². The van der Waals surface area contributed by atoms with E-state index in [0.717, 1.165) is 23.1 Å². The standard InChI is InChI=1S/C17H22Cl2O2/c1-3-20-14-8-12(13(18)9-15(14)21-4-2)17(19)16-10-6-5-7-11(10)16/h8-11,16-17H,3-7H2,1-2H3. The zero-order chi connectivity index (χ0) is 15.0. The van der Waals surface area contributed by atoms with Gasteiger partial charge in [-0.15, -0.1) is 11.6 Å². The summed E-state index contributed by atoms with van der Waals surface area (Å²) in [6.07, 6.45) is 4.01. The van der Waals surface area contributed by atoms with Crippen LogP contribution in [0, 0.1) is 17.8 Å². The number of fused-ring (bicyclic) bond motifs is 1. The summed E-state index contributed by atoms with van der Waals surface area (Å²) in [4.78, 5) is 0. The molecule has 0 aromatic heterocycles. The van der Waals surface area contributed by atoms with Crippen LogP contribution >= 0.6 is 23.2 Å². The monoisotopic (exact) mass is 328 g/mol. The van der Waals surface area contributed by atoms with Gasteiger partial charge in [-0.05, 0) is 56.1 Å².